The summed E-state index contributed by atoms with van der Waals surface area (Å²) < 4.78 is 41.0. The number of nitrogens with zero attached hydrogens (tertiary/aromatic N) is 1. The first-order valence-electron chi connectivity index (χ1n) is 6.30. The van der Waals surface area contributed by atoms with E-state index in [1.54, 1.807) is 12.1 Å². The lowest BCUT2D eigenvalue weighted by atomic mass is 10.2. The van der Waals surface area contributed by atoms with Crippen molar-refractivity contribution < 1.29 is 17.9 Å². The number of rotatable bonds is 4. The molecule has 1 aromatic carbocycles. The SMILES string of the molecule is FC(F)(F)CCOc1ccc(N2CCNCC2)cc1. The molecule has 0 aromatic heterocycles. The number of nitrogens with one attached hydrogen (secondary N) is 1. The number of anilines is 1. The summed E-state index contributed by atoms with van der Waals surface area (Å²) in [7, 11) is 0. The van der Waals surface area contributed by atoms with Gasteiger partial charge in [0.05, 0.1) is 13.0 Å². The molecule has 2 rings (SSSR count). The highest BCUT2D eigenvalue weighted by molar-refractivity contribution is 5.49. The third-order valence-corrected chi connectivity index (χ3v) is 2.97. The summed E-state index contributed by atoms with van der Waals surface area (Å²) in [5.41, 5.74) is 1.07. The minimum absolute atomic E-state index is 0.337. The monoisotopic (exact) mass is 274 g/mol. The van der Waals surface area contributed by atoms with Crippen LogP contribution in [0.1, 0.15) is 6.42 Å². The standard InChI is InChI=1S/C13H17F3N2O/c14-13(15,16)5-10-19-12-3-1-11(2-4-12)18-8-6-17-7-9-18/h1-4,17H,5-10H2. The van der Waals surface area contributed by atoms with Gasteiger partial charge in [-0.3, -0.25) is 0 Å². The van der Waals surface area contributed by atoms with Gasteiger partial charge < -0.3 is 15.0 Å². The molecule has 3 nitrogen and oxygen atoms in total. The highest BCUT2D eigenvalue weighted by Gasteiger charge is 2.26. The number of piperazine rings is 1. The van der Waals surface area contributed by atoms with E-state index in [1.165, 1.54) is 0 Å². The van der Waals surface area contributed by atoms with Gasteiger partial charge in [0.1, 0.15) is 5.75 Å². The highest BCUT2D eigenvalue weighted by atomic mass is 19.4. The number of halogens is 3. The lowest BCUT2D eigenvalue weighted by molar-refractivity contribution is -0.139. The lowest BCUT2D eigenvalue weighted by Crippen LogP contribution is -2.43. The van der Waals surface area contributed by atoms with Crippen LogP contribution < -0.4 is 15.0 Å². The zero-order valence-corrected chi connectivity index (χ0v) is 10.5. The van der Waals surface area contributed by atoms with Crippen molar-refractivity contribution in [2.24, 2.45) is 0 Å². The topological polar surface area (TPSA) is 24.5 Å². The Morgan fingerprint density at radius 3 is 2.32 bits per heavy atom. The first-order chi connectivity index (χ1) is 9.04. The number of hydrogen-bond donors (Lipinski definition) is 1. The molecular weight excluding hydrogens is 257 g/mol. The van der Waals surface area contributed by atoms with Crippen LogP contribution >= 0.6 is 0 Å². The summed E-state index contributed by atoms with van der Waals surface area (Å²) in [6.07, 6.45) is -5.09. The summed E-state index contributed by atoms with van der Waals surface area (Å²) in [6.45, 7) is 3.44. The molecule has 0 bridgehead atoms. The van der Waals surface area contributed by atoms with Crippen molar-refractivity contribution in [2.45, 2.75) is 12.6 Å². The van der Waals surface area contributed by atoms with Crippen molar-refractivity contribution >= 4 is 5.69 Å². The van der Waals surface area contributed by atoms with E-state index in [1.807, 2.05) is 12.1 Å². The summed E-state index contributed by atoms with van der Waals surface area (Å²) in [5.74, 6) is 0.475. The minimum atomic E-state index is -4.17. The summed E-state index contributed by atoms with van der Waals surface area (Å²) >= 11 is 0. The van der Waals surface area contributed by atoms with E-state index in [9.17, 15) is 13.2 Å². The van der Waals surface area contributed by atoms with Crippen molar-refractivity contribution in [1.82, 2.24) is 5.32 Å². The molecule has 1 aliphatic rings. The molecule has 1 aliphatic heterocycles. The normalized spacial score (nSPS) is 16.5. The van der Waals surface area contributed by atoms with Crippen molar-refractivity contribution in [3.05, 3.63) is 24.3 Å². The fourth-order valence-corrected chi connectivity index (χ4v) is 1.96. The summed E-state index contributed by atoms with van der Waals surface area (Å²) in [5, 5.41) is 3.26. The minimum Gasteiger partial charge on any atom is -0.493 e. The zero-order chi connectivity index (χ0) is 13.7. The number of alkyl halides is 3. The van der Waals surface area contributed by atoms with Gasteiger partial charge >= 0.3 is 6.18 Å². The fraction of sp³-hybridized carbons (Fsp3) is 0.538. The Hall–Kier alpha value is -1.43. The molecule has 0 amide bonds. The molecule has 0 unspecified atom stereocenters. The van der Waals surface area contributed by atoms with Crippen molar-refractivity contribution in [3.8, 4) is 5.75 Å². The van der Waals surface area contributed by atoms with Crippen LogP contribution in [0.5, 0.6) is 5.75 Å². The molecule has 1 saturated heterocycles. The maximum absolute atomic E-state index is 12.0. The Kier molecular flexibility index (Phi) is 4.52. The molecule has 0 radical (unpaired) electrons. The second kappa shape index (κ2) is 6.14. The molecule has 1 aromatic rings. The molecule has 6 heteroatoms. The van der Waals surface area contributed by atoms with Crippen molar-refractivity contribution in [1.29, 1.82) is 0 Å². The van der Waals surface area contributed by atoms with Crippen molar-refractivity contribution in [3.63, 3.8) is 0 Å². The van der Waals surface area contributed by atoms with E-state index in [4.69, 9.17) is 4.74 Å². The van der Waals surface area contributed by atoms with E-state index in [0.717, 1.165) is 31.9 Å². The van der Waals surface area contributed by atoms with E-state index in [-0.39, 0.29) is 6.61 Å². The third-order valence-electron chi connectivity index (χ3n) is 2.97. The van der Waals surface area contributed by atoms with Crippen molar-refractivity contribution in [2.75, 3.05) is 37.7 Å². The molecule has 0 atom stereocenters. The van der Waals surface area contributed by atoms with Gasteiger partial charge in [-0.2, -0.15) is 13.2 Å². The molecular formula is C13H17F3N2O. The van der Waals surface area contributed by atoms with Crippen LogP contribution in [0.4, 0.5) is 18.9 Å². The maximum Gasteiger partial charge on any atom is 0.392 e. The van der Waals surface area contributed by atoms with Crippen LogP contribution in [0.3, 0.4) is 0 Å². The van der Waals surface area contributed by atoms with Gasteiger partial charge in [0.25, 0.3) is 0 Å². The number of ether oxygens (including phenoxy) is 1. The molecule has 0 aliphatic carbocycles. The average molecular weight is 274 g/mol. The van der Waals surface area contributed by atoms with E-state index < -0.39 is 12.6 Å². The Labute approximate surface area is 110 Å². The molecule has 1 N–H and O–H groups in total. The van der Waals surface area contributed by atoms with E-state index >= 15 is 0 Å². The maximum atomic E-state index is 12.0. The van der Waals surface area contributed by atoms with E-state index in [0.29, 0.717) is 5.75 Å². The number of hydrogen-bond acceptors (Lipinski definition) is 3. The highest BCUT2D eigenvalue weighted by Crippen LogP contribution is 2.22. The third kappa shape index (κ3) is 4.63. The van der Waals surface area contributed by atoms with Gasteiger partial charge in [0.2, 0.25) is 0 Å². The predicted octanol–water partition coefficient (Wildman–Crippen LogP) is 2.43. The average Bonchev–Trinajstić information content (AvgIpc) is 2.39. The first-order valence-corrected chi connectivity index (χ1v) is 6.30. The van der Waals surface area contributed by atoms with Crippen LogP contribution in [0.25, 0.3) is 0 Å². The van der Waals surface area contributed by atoms with Crippen LogP contribution in [-0.4, -0.2) is 39.0 Å². The molecule has 0 spiro atoms. The molecule has 19 heavy (non-hydrogen) atoms. The van der Waals surface area contributed by atoms with Crippen LogP contribution in [0, 0.1) is 0 Å². The van der Waals surface area contributed by atoms with Gasteiger partial charge in [0, 0.05) is 31.9 Å². The Bertz CT molecular complexity index is 386. The molecule has 1 heterocycles. The fourth-order valence-electron chi connectivity index (χ4n) is 1.96. The summed E-state index contributed by atoms with van der Waals surface area (Å²) in [4.78, 5) is 2.23. The van der Waals surface area contributed by atoms with Crippen LogP contribution in [0.2, 0.25) is 0 Å². The zero-order valence-electron chi connectivity index (χ0n) is 10.5. The van der Waals surface area contributed by atoms with Gasteiger partial charge in [0.15, 0.2) is 0 Å². The second-order valence-electron chi connectivity index (χ2n) is 4.44. The first kappa shape index (κ1) is 14.0. The summed E-state index contributed by atoms with van der Waals surface area (Å²) in [6, 6.07) is 7.20. The van der Waals surface area contributed by atoms with Gasteiger partial charge in [-0.05, 0) is 24.3 Å². The Morgan fingerprint density at radius 2 is 1.74 bits per heavy atom. The van der Waals surface area contributed by atoms with Crippen LogP contribution in [-0.2, 0) is 0 Å². The predicted molar refractivity (Wildman–Crippen MR) is 67.7 cm³/mol. The lowest BCUT2D eigenvalue weighted by Gasteiger charge is -2.29. The van der Waals surface area contributed by atoms with Gasteiger partial charge in [-0.25, -0.2) is 0 Å². The molecule has 0 saturated carbocycles. The smallest absolute Gasteiger partial charge is 0.392 e. The van der Waals surface area contributed by atoms with Crippen LogP contribution in [0.15, 0.2) is 24.3 Å². The Balaban J connectivity index is 1.84. The van der Waals surface area contributed by atoms with Gasteiger partial charge in [-0.15, -0.1) is 0 Å². The largest absolute Gasteiger partial charge is 0.493 e. The number of benzene rings is 1. The quantitative estimate of drug-likeness (QED) is 0.912. The van der Waals surface area contributed by atoms with Gasteiger partial charge in [-0.1, -0.05) is 0 Å². The Morgan fingerprint density at radius 1 is 1.11 bits per heavy atom. The molecule has 106 valence electrons. The van der Waals surface area contributed by atoms with E-state index in [2.05, 4.69) is 10.2 Å². The second-order valence-corrected chi connectivity index (χ2v) is 4.44. The molecule has 1 fully saturated rings.